The second kappa shape index (κ2) is 10.1. The predicted molar refractivity (Wildman–Crippen MR) is 99.0 cm³/mol. The van der Waals surface area contributed by atoms with E-state index in [1.54, 1.807) is 0 Å². The number of carboxylic acid groups (broad SMARTS) is 1. The zero-order valence-corrected chi connectivity index (χ0v) is 16.4. The molecule has 1 aromatic carbocycles. The summed E-state index contributed by atoms with van der Waals surface area (Å²) in [5, 5.41) is 41.1. The molecule has 2 rings (SSSR count). The molecule has 0 radical (unpaired) electrons. The number of amides is 1. The first kappa shape index (κ1) is 23.9. The van der Waals surface area contributed by atoms with Gasteiger partial charge in [-0.15, -0.1) is 0 Å². The van der Waals surface area contributed by atoms with Crippen LogP contribution in [0.25, 0.3) is 0 Å². The Hall–Kier alpha value is -2.34. The van der Waals surface area contributed by atoms with Crippen LogP contribution in [0.5, 0.6) is 5.75 Å². The van der Waals surface area contributed by atoms with Crippen molar-refractivity contribution in [1.29, 1.82) is 0 Å². The van der Waals surface area contributed by atoms with Crippen LogP contribution in [0.1, 0.15) is 38.7 Å². The van der Waals surface area contributed by atoms with Gasteiger partial charge in [0.1, 0.15) is 24.1 Å². The summed E-state index contributed by atoms with van der Waals surface area (Å²) < 4.78 is 37.3. The molecule has 9 nitrogen and oxygen atoms in total. The van der Waals surface area contributed by atoms with Crippen LogP contribution in [0, 0.1) is 5.92 Å². The van der Waals surface area contributed by atoms with E-state index in [9.17, 15) is 33.7 Å². The number of carboxylic acids is 1. The first-order valence-electron chi connectivity index (χ1n) is 9.42. The minimum absolute atomic E-state index is 0.110. The van der Waals surface area contributed by atoms with Gasteiger partial charge in [0, 0.05) is 11.6 Å². The highest BCUT2D eigenvalue weighted by Crippen LogP contribution is 2.34. The van der Waals surface area contributed by atoms with E-state index in [-0.39, 0.29) is 17.5 Å². The highest BCUT2D eigenvalue weighted by Gasteiger charge is 2.48. The number of hydrogen-bond acceptors (Lipinski definition) is 7. The summed E-state index contributed by atoms with van der Waals surface area (Å²) in [7, 11) is 0. The lowest BCUT2D eigenvalue weighted by atomic mass is 9.99. The van der Waals surface area contributed by atoms with Gasteiger partial charge in [-0.25, -0.2) is 13.6 Å². The standard InChI is InChI=1S/C19H25F2NO8/c1-3-8(4-2)17(26)22-9-5-6-11(10(7-9)16(20)21)29-19-14(25)12(23)13(24)15(30-19)18(27)28/h5-8,12-16,19,23-25H,3-4H2,1-2H3,(H,22,26)(H,27,28). The van der Waals surface area contributed by atoms with E-state index in [0.29, 0.717) is 12.8 Å². The van der Waals surface area contributed by atoms with Crippen molar-refractivity contribution >= 4 is 17.6 Å². The third-order valence-corrected chi connectivity index (χ3v) is 4.92. The number of aliphatic hydroxyl groups excluding tert-OH is 3. The van der Waals surface area contributed by atoms with Gasteiger partial charge in [-0.3, -0.25) is 4.79 Å². The Labute approximate surface area is 171 Å². The molecular formula is C19H25F2NO8. The molecule has 168 valence electrons. The number of hydrogen-bond donors (Lipinski definition) is 5. The van der Waals surface area contributed by atoms with Crippen LogP contribution in [0.4, 0.5) is 14.5 Å². The molecule has 11 heteroatoms. The number of anilines is 1. The number of ether oxygens (including phenoxy) is 2. The van der Waals surface area contributed by atoms with Crippen molar-refractivity contribution in [2.45, 2.75) is 63.8 Å². The van der Waals surface area contributed by atoms with Gasteiger partial charge < -0.3 is 35.2 Å². The van der Waals surface area contributed by atoms with Gasteiger partial charge in [-0.05, 0) is 31.0 Å². The molecule has 0 saturated carbocycles. The van der Waals surface area contributed by atoms with Crippen molar-refractivity contribution in [3.63, 3.8) is 0 Å². The van der Waals surface area contributed by atoms with Gasteiger partial charge in [0.2, 0.25) is 12.2 Å². The summed E-state index contributed by atoms with van der Waals surface area (Å²) in [5.74, 6) is -2.66. The van der Waals surface area contributed by atoms with Crippen LogP contribution < -0.4 is 10.1 Å². The molecule has 0 bridgehead atoms. The molecule has 5 N–H and O–H groups in total. The van der Waals surface area contributed by atoms with Gasteiger partial charge in [0.05, 0.1) is 5.56 Å². The highest BCUT2D eigenvalue weighted by atomic mass is 19.3. The van der Waals surface area contributed by atoms with Crippen LogP contribution in [0.15, 0.2) is 18.2 Å². The lowest BCUT2D eigenvalue weighted by Gasteiger charge is -2.38. The van der Waals surface area contributed by atoms with Gasteiger partial charge in [-0.1, -0.05) is 13.8 Å². The van der Waals surface area contributed by atoms with E-state index in [2.05, 4.69) is 5.32 Å². The van der Waals surface area contributed by atoms with Crippen molar-refractivity contribution in [2.75, 3.05) is 5.32 Å². The van der Waals surface area contributed by atoms with Gasteiger partial charge in [0.15, 0.2) is 6.10 Å². The van der Waals surface area contributed by atoms with E-state index < -0.39 is 54.4 Å². The predicted octanol–water partition coefficient (Wildman–Crippen LogP) is 1.27. The van der Waals surface area contributed by atoms with Gasteiger partial charge in [-0.2, -0.15) is 0 Å². The van der Waals surface area contributed by atoms with E-state index in [1.165, 1.54) is 6.07 Å². The zero-order valence-electron chi connectivity index (χ0n) is 16.4. The first-order valence-corrected chi connectivity index (χ1v) is 9.42. The first-order chi connectivity index (χ1) is 14.1. The Morgan fingerprint density at radius 1 is 1.13 bits per heavy atom. The Bertz CT molecular complexity index is 758. The van der Waals surface area contributed by atoms with E-state index in [4.69, 9.17) is 14.6 Å². The normalized spacial score (nSPS) is 26.6. The highest BCUT2D eigenvalue weighted by molar-refractivity contribution is 5.92. The molecule has 0 aliphatic carbocycles. The molecule has 1 aliphatic heterocycles. The fraction of sp³-hybridized carbons (Fsp3) is 0.579. The second-order valence-electron chi connectivity index (χ2n) is 6.91. The lowest BCUT2D eigenvalue weighted by molar-refractivity contribution is -0.271. The largest absolute Gasteiger partial charge is 0.479 e. The number of carbonyl (C=O) groups excluding carboxylic acids is 1. The third-order valence-electron chi connectivity index (χ3n) is 4.92. The fourth-order valence-electron chi connectivity index (χ4n) is 3.08. The molecule has 5 atom stereocenters. The Morgan fingerprint density at radius 3 is 2.30 bits per heavy atom. The fourth-order valence-corrected chi connectivity index (χ4v) is 3.08. The van der Waals surface area contributed by atoms with Gasteiger partial charge >= 0.3 is 5.97 Å². The molecule has 1 aliphatic rings. The van der Waals surface area contributed by atoms with Crippen LogP contribution in [0.2, 0.25) is 0 Å². The maximum Gasteiger partial charge on any atom is 0.335 e. The maximum atomic E-state index is 13.6. The number of aliphatic carboxylic acids is 1. The van der Waals surface area contributed by atoms with Crippen molar-refractivity contribution in [3.8, 4) is 5.75 Å². The summed E-state index contributed by atoms with van der Waals surface area (Å²) in [6, 6.07) is 3.40. The number of carbonyl (C=O) groups is 2. The van der Waals surface area contributed by atoms with E-state index in [0.717, 1.165) is 12.1 Å². The van der Waals surface area contributed by atoms with Crippen molar-refractivity contribution < 1.29 is 48.3 Å². The minimum Gasteiger partial charge on any atom is -0.479 e. The van der Waals surface area contributed by atoms with Crippen molar-refractivity contribution in [2.24, 2.45) is 5.92 Å². The summed E-state index contributed by atoms with van der Waals surface area (Å²) in [5.41, 5.74) is -0.529. The number of nitrogens with one attached hydrogen (secondary N) is 1. The minimum atomic E-state index is -3.03. The van der Waals surface area contributed by atoms with Crippen LogP contribution in [-0.4, -0.2) is 63.0 Å². The lowest BCUT2D eigenvalue weighted by Crippen LogP contribution is -2.61. The molecule has 0 aromatic heterocycles. The average Bonchev–Trinajstić information content (AvgIpc) is 2.69. The zero-order chi connectivity index (χ0) is 22.6. The average molecular weight is 433 g/mol. The molecular weight excluding hydrogens is 408 g/mol. The molecule has 5 unspecified atom stereocenters. The number of aliphatic hydroxyl groups is 3. The Balaban J connectivity index is 2.24. The monoisotopic (exact) mass is 433 g/mol. The molecule has 0 spiro atoms. The SMILES string of the molecule is CCC(CC)C(=O)Nc1ccc(OC2OC(C(=O)O)C(O)C(O)C2O)c(C(F)F)c1. The Morgan fingerprint density at radius 2 is 1.77 bits per heavy atom. The number of rotatable bonds is 8. The van der Waals surface area contributed by atoms with Crippen molar-refractivity contribution in [1.82, 2.24) is 0 Å². The molecule has 1 amide bonds. The Kier molecular flexibility index (Phi) is 8.07. The van der Waals surface area contributed by atoms with Crippen LogP contribution in [-0.2, 0) is 14.3 Å². The number of benzene rings is 1. The second-order valence-corrected chi connectivity index (χ2v) is 6.91. The number of halogens is 2. The summed E-state index contributed by atoms with van der Waals surface area (Å²) in [4.78, 5) is 23.3. The van der Waals surface area contributed by atoms with E-state index in [1.807, 2.05) is 13.8 Å². The summed E-state index contributed by atoms with van der Waals surface area (Å²) in [6.07, 6.45) is -11.4. The summed E-state index contributed by atoms with van der Waals surface area (Å²) in [6.45, 7) is 3.67. The molecule has 1 heterocycles. The van der Waals surface area contributed by atoms with Crippen molar-refractivity contribution in [3.05, 3.63) is 23.8 Å². The van der Waals surface area contributed by atoms with Gasteiger partial charge in [0.25, 0.3) is 6.43 Å². The number of alkyl halides is 2. The molecule has 1 aromatic rings. The molecule has 1 saturated heterocycles. The molecule has 30 heavy (non-hydrogen) atoms. The maximum absolute atomic E-state index is 13.6. The smallest absolute Gasteiger partial charge is 0.335 e. The third kappa shape index (κ3) is 5.22. The quantitative estimate of drug-likeness (QED) is 0.412. The van der Waals surface area contributed by atoms with E-state index >= 15 is 0 Å². The van der Waals surface area contributed by atoms with Crippen LogP contribution >= 0.6 is 0 Å². The molecule has 1 fully saturated rings. The summed E-state index contributed by atoms with van der Waals surface area (Å²) >= 11 is 0. The van der Waals surface area contributed by atoms with Crippen LogP contribution in [0.3, 0.4) is 0 Å². The topological polar surface area (TPSA) is 146 Å².